The zero-order valence-electron chi connectivity index (χ0n) is 16.4. The maximum Gasteiger partial charge on any atom is 0.113 e. The molecule has 1 N–H and O–H groups in total. The van der Waals surface area contributed by atoms with Gasteiger partial charge in [-0.1, -0.05) is 65.9 Å². The van der Waals surface area contributed by atoms with Crippen molar-refractivity contribution in [1.29, 1.82) is 0 Å². The Labute approximate surface area is 170 Å². The van der Waals surface area contributed by atoms with Gasteiger partial charge in [0.05, 0.1) is 25.5 Å². The number of rotatable bonds is 7. The Morgan fingerprint density at radius 1 is 0.931 bits per heavy atom. The third-order valence-corrected chi connectivity index (χ3v) is 5.84. The first-order valence-corrected chi connectivity index (χ1v) is 10.4. The molecule has 0 amide bonds. The summed E-state index contributed by atoms with van der Waals surface area (Å²) in [6.07, 6.45) is 4.27. The minimum Gasteiger partial charge on any atom is -0.371 e. The van der Waals surface area contributed by atoms with E-state index in [4.69, 9.17) is 9.47 Å². The van der Waals surface area contributed by atoms with Crippen molar-refractivity contribution in [3.63, 3.8) is 0 Å². The van der Waals surface area contributed by atoms with Crippen molar-refractivity contribution in [1.82, 2.24) is 20.3 Å². The Hall–Kier alpha value is -2.54. The molecule has 0 spiro atoms. The van der Waals surface area contributed by atoms with Gasteiger partial charge in [0.25, 0.3) is 0 Å². The highest BCUT2D eigenvalue weighted by atomic mass is 16.6. The van der Waals surface area contributed by atoms with Gasteiger partial charge in [-0.3, -0.25) is 0 Å². The van der Waals surface area contributed by atoms with Gasteiger partial charge >= 0.3 is 0 Å². The van der Waals surface area contributed by atoms with E-state index in [0.717, 1.165) is 30.6 Å². The summed E-state index contributed by atoms with van der Waals surface area (Å²) in [6, 6.07) is 21.0. The van der Waals surface area contributed by atoms with Crippen molar-refractivity contribution in [2.24, 2.45) is 0 Å². The number of hydrogen-bond donors (Lipinski definition) is 1. The average molecular weight is 390 g/mol. The fourth-order valence-corrected chi connectivity index (χ4v) is 4.29. The highest BCUT2D eigenvalue weighted by Gasteiger charge is 2.48. The number of fused-ring (bicyclic) bond motifs is 1. The molecule has 150 valence electrons. The zero-order chi connectivity index (χ0) is 19.5. The van der Waals surface area contributed by atoms with Gasteiger partial charge in [-0.15, -0.1) is 5.10 Å². The largest absolute Gasteiger partial charge is 0.371 e. The molecule has 0 saturated carbocycles. The van der Waals surface area contributed by atoms with Gasteiger partial charge < -0.3 is 14.8 Å². The molecule has 2 aliphatic heterocycles. The van der Waals surface area contributed by atoms with Crippen molar-refractivity contribution < 1.29 is 9.47 Å². The number of hydrogen-bond acceptors (Lipinski definition) is 5. The van der Waals surface area contributed by atoms with Crippen LogP contribution in [0.25, 0.3) is 11.3 Å². The second-order valence-electron chi connectivity index (χ2n) is 7.76. The van der Waals surface area contributed by atoms with Gasteiger partial charge in [-0.05, 0) is 24.9 Å². The summed E-state index contributed by atoms with van der Waals surface area (Å²) in [4.78, 5) is 0. The van der Waals surface area contributed by atoms with Crippen LogP contribution in [-0.4, -0.2) is 53.0 Å². The Morgan fingerprint density at radius 2 is 1.69 bits per heavy atom. The van der Waals surface area contributed by atoms with Crippen LogP contribution >= 0.6 is 0 Å². The molecular formula is C23H26N4O2. The second kappa shape index (κ2) is 8.45. The summed E-state index contributed by atoms with van der Waals surface area (Å²) in [5.41, 5.74) is 3.33. The van der Waals surface area contributed by atoms with E-state index >= 15 is 0 Å². The number of nitrogens with one attached hydrogen (secondary N) is 1. The van der Waals surface area contributed by atoms with E-state index in [1.54, 1.807) is 0 Å². The van der Waals surface area contributed by atoms with Crippen molar-refractivity contribution in [2.75, 3.05) is 19.8 Å². The van der Waals surface area contributed by atoms with Crippen molar-refractivity contribution in [2.45, 2.75) is 37.1 Å². The predicted octanol–water partition coefficient (Wildman–Crippen LogP) is 2.87. The Kier molecular flexibility index (Phi) is 5.39. The fraction of sp³-hybridized carbons (Fsp3) is 0.391. The predicted molar refractivity (Wildman–Crippen MR) is 111 cm³/mol. The van der Waals surface area contributed by atoms with Crippen LogP contribution in [0.2, 0.25) is 0 Å². The Bertz CT molecular complexity index is 915. The van der Waals surface area contributed by atoms with Crippen LogP contribution in [0.1, 0.15) is 18.0 Å². The Balaban J connectivity index is 1.16. The van der Waals surface area contributed by atoms with Crippen molar-refractivity contribution in [3.8, 4) is 11.3 Å². The molecule has 0 unspecified atom stereocenters. The molecule has 6 heteroatoms. The van der Waals surface area contributed by atoms with Gasteiger partial charge in [0, 0.05) is 5.56 Å². The highest BCUT2D eigenvalue weighted by Crippen LogP contribution is 2.34. The van der Waals surface area contributed by atoms with Gasteiger partial charge in [0.2, 0.25) is 0 Å². The Morgan fingerprint density at radius 3 is 2.52 bits per heavy atom. The van der Waals surface area contributed by atoms with E-state index in [9.17, 15) is 0 Å². The molecule has 2 saturated heterocycles. The van der Waals surface area contributed by atoms with Gasteiger partial charge in [-0.2, -0.15) is 0 Å². The molecule has 5 rings (SSSR count). The summed E-state index contributed by atoms with van der Waals surface area (Å²) in [5.74, 6) is 0. The second-order valence-corrected chi connectivity index (χ2v) is 7.76. The lowest BCUT2D eigenvalue weighted by Crippen LogP contribution is -2.41. The molecule has 29 heavy (non-hydrogen) atoms. The van der Waals surface area contributed by atoms with Crippen LogP contribution in [0.15, 0.2) is 66.9 Å². The van der Waals surface area contributed by atoms with E-state index in [1.807, 2.05) is 41.2 Å². The van der Waals surface area contributed by atoms with Crippen LogP contribution < -0.4 is 5.32 Å². The maximum atomic E-state index is 6.11. The molecule has 0 aliphatic carbocycles. The number of benzene rings is 2. The topological polar surface area (TPSA) is 61.2 Å². The van der Waals surface area contributed by atoms with Gasteiger partial charge in [0.1, 0.15) is 23.9 Å². The van der Waals surface area contributed by atoms with Crippen molar-refractivity contribution in [3.05, 3.63) is 72.4 Å². The quantitative estimate of drug-likeness (QED) is 0.629. The molecule has 6 nitrogen and oxygen atoms in total. The van der Waals surface area contributed by atoms with Crippen LogP contribution in [0, 0.1) is 0 Å². The lowest BCUT2D eigenvalue weighted by atomic mass is 10.1. The zero-order valence-corrected chi connectivity index (χ0v) is 16.4. The SMILES string of the molecule is c1ccc(CCCN[C@H]2CO[C@H]3[C@@H]2OC[C@@H]3n2cc(-c3ccccc3)nn2)cc1. The summed E-state index contributed by atoms with van der Waals surface area (Å²) in [7, 11) is 0. The molecule has 3 heterocycles. The monoisotopic (exact) mass is 390 g/mol. The number of aryl methyl sites for hydroxylation is 1. The van der Waals surface area contributed by atoms with E-state index < -0.39 is 0 Å². The average Bonchev–Trinajstić information content (AvgIpc) is 3.50. The molecule has 3 aromatic rings. The summed E-state index contributed by atoms with van der Waals surface area (Å²) in [6.45, 7) is 2.24. The van der Waals surface area contributed by atoms with E-state index in [0.29, 0.717) is 13.2 Å². The van der Waals surface area contributed by atoms with E-state index in [2.05, 4.69) is 46.0 Å². The van der Waals surface area contributed by atoms with Crippen LogP contribution in [0.4, 0.5) is 0 Å². The lowest BCUT2D eigenvalue weighted by molar-refractivity contribution is 0.0620. The fourth-order valence-electron chi connectivity index (χ4n) is 4.29. The standard InChI is InChI=1S/C23H26N4O2/c1-3-8-17(9-4-1)10-7-13-24-20-15-28-23-21(16-29-22(20)23)27-14-19(25-26-27)18-11-5-2-6-12-18/h1-6,8-9,11-12,14,20-24H,7,10,13,15-16H2/t20-,21-,22+,23+/m0/s1. The van der Waals surface area contributed by atoms with E-state index in [-0.39, 0.29) is 24.3 Å². The molecule has 2 aliphatic rings. The smallest absolute Gasteiger partial charge is 0.113 e. The number of ether oxygens (including phenoxy) is 2. The molecule has 4 atom stereocenters. The van der Waals surface area contributed by atoms with Gasteiger partial charge in [-0.25, -0.2) is 4.68 Å². The minimum absolute atomic E-state index is 0.0203. The molecule has 1 aromatic heterocycles. The first-order chi connectivity index (χ1) is 14.4. The van der Waals surface area contributed by atoms with Crippen LogP contribution in [0.5, 0.6) is 0 Å². The highest BCUT2D eigenvalue weighted by molar-refractivity contribution is 5.57. The summed E-state index contributed by atoms with van der Waals surface area (Å²) >= 11 is 0. The molecule has 2 aromatic carbocycles. The maximum absolute atomic E-state index is 6.11. The number of aromatic nitrogens is 3. The number of nitrogens with zero attached hydrogens (tertiary/aromatic N) is 3. The van der Waals surface area contributed by atoms with Crippen molar-refractivity contribution >= 4 is 0 Å². The molecular weight excluding hydrogens is 364 g/mol. The summed E-state index contributed by atoms with van der Waals surface area (Å²) in [5, 5.41) is 12.3. The lowest BCUT2D eigenvalue weighted by Gasteiger charge is -2.17. The first-order valence-electron chi connectivity index (χ1n) is 10.4. The summed E-state index contributed by atoms with van der Waals surface area (Å²) < 4.78 is 14.1. The van der Waals surface area contributed by atoms with E-state index in [1.165, 1.54) is 5.56 Å². The first kappa shape index (κ1) is 18.5. The van der Waals surface area contributed by atoms with Crippen LogP contribution in [-0.2, 0) is 15.9 Å². The van der Waals surface area contributed by atoms with Crippen LogP contribution in [0.3, 0.4) is 0 Å². The normalized spacial score (nSPS) is 25.9. The molecule has 2 fully saturated rings. The third kappa shape index (κ3) is 3.96. The third-order valence-electron chi connectivity index (χ3n) is 5.84. The van der Waals surface area contributed by atoms with Gasteiger partial charge in [0.15, 0.2) is 0 Å². The molecule has 0 bridgehead atoms. The minimum atomic E-state index is 0.0203. The molecule has 0 radical (unpaired) electrons.